The molecule has 198 valence electrons. The second-order valence-electron chi connectivity index (χ2n) is 8.89. The van der Waals surface area contributed by atoms with E-state index >= 15 is 0 Å². The van der Waals surface area contributed by atoms with Gasteiger partial charge < -0.3 is 20.3 Å². The van der Waals surface area contributed by atoms with Gasteiger partial charge >= 0.3 is 6.18 Å². The number of aromatic nitrogens is 2. The average Bonchev–Trinajstić information content (AvgIpc) is 2.92. The van der Waals surface area contributed by atoms with Crippen molar-refractivity contribution in [1.29, 1.82) is 0 Å². The van der Waals surface area contributed by atoms with Crippen molar-refractivity contribution in [1.82, 2.24) is 15.3 Å². The molecule has 1 fully saturated rings. The van der Waals surface area contributed by atoms with Crippen LogP contribution in [0.3, 0.4) is 0 Å². The van der Waals surface area contributed by atoms with Gasteiger partial charge in [0, 0.05) is 30.5 Å². The zero-order valence-corrected chi connectivity index (χ0v) is 21.3. The molecule has 3 heterocycles. The van der Waals surface area contributed by atoms with Gasteiger partial charge in [0.2, 0.25) is 0 Å². The number of amides is 1. The van der Waals surface area contributed by atoms with Gasteiger partial charge in [-0.25, -0.2) is 4.98 Å². The monoisotopic (exact) mass is 523 g/mol. The molecule has 3 aromatic rings. The Kier molecular flexibility index (Phi) is 8.29. The Morgan fingerprint density at radius 2 is 1.89 bits per heavy atom. The fourth-order valence-corrected chi connectivity index (χ4v) is 3.89. The van der Waals surface area contributed by atoms with Crippen LogP contribution in [0.15, 0.2) is 48.7 Å². The van der Waals surface area contributed by atoms with Crippen LogP contribution in [-0.4, -0.2) is 55.3 Å². The molecule has 1 aliphatic rings. The van der Waals surface area contributed by atoms with Gasteiger partial charge in [0.25, 0.3) is 5.91 Å². The Balaban J connectivity index is 1.68. The molecule has 0 aliphatic carbocycles. The molecule has 0 unspecified atom stereocenters. The number of halogens is 3. The Morgan fingerprint density at radius 3 is 2.61 bits per heavy atom. The van der Waals surface area contributed by atoms with E-state index in [1.54, 1.807) is 12.1 Å². The van der Waals surface area contributed by atoms with Crippen LogP contribution >= 0.6 is 0 Å². The molecule has 1 aliphatic heterocycles. The lowest BCUT2D eigenvalue weighted by atomic mass is 9.99. The van der Waals surface area contributed by atoms with Crippen LogP contribution in [0.2, 0.25) is 0 Å². The fourth-order valence-electron chi connectivity index (χ4n) is 3.89. The largest absolute Gasteiger partial charge is 0.433 e. The maximum absolute atomic E-state index is 13.0. The van der Waals surface area contributed by atoms with Crippen molar-refractivity contribution in [3.05, 3.63) is 71.2 Å². The van der Waals surface area contributed by atoms with Gasteiger partial charge in [-0.3, -0.25) is 9.78 Å². The van der Waals surface area contributed by atoms with Crippen molar-refractivity contribution in [3.63, 3.8) is 0 Å². The summed E-state index contributed by atoms with van der Waals surface area (Å²) in [6.07, 6.45) is -3.67. The lowest BCUT2D eigenvalue weighted by molar-refractivity contribution is -0.141. The van der Waals surface area contributed by atoms with Crippen molar-refractivity contribution in [2.75, 3.05) is 43.6 Å². The molecular formula is C28H28F3N5O2. The standard InChI is InChI=1S/C28H28F3N5O2/c1-18-4-6-23(35-27(37)20-8-9-33-25(15-20)28(29,30)31)17-24(18)21-14-22(7-5-19(2)32-3)34-26(16-21)36-10-12-38-13-11-36/h4,6,8-9,14-17,19,32H,10-13H2,1-3H3,(H,35,37)/t19-/m0/s1. The minimum absolute atomic E-state index is 0.0152. The van der Waals surface area contributed by atoms with Crippen molar-refractivity contribution in [2.45, 2.75) is 26.1 Å². The third-order valence-corrected chi connectivity index (χ3v) is 6.12. The summed E-state index contributed by atoms with van der Waals surface area (Å²) in [6, 6.07) is 11.2. The number of anilines is 2. The quantitative estimate of drug-likeness (QED) is 0.479. The van der Waals surface area contributed by atoms with Gasteiger partial charge in [-0.05, 0) is 79.9 Å². The topological polar surface area (TPSA) is 79.4 Å². The van der Waals surface area contributed by atoms with E-state index in [2.05, 4.69) is 32.4 Å². The van der Waals surface area contributed by atoms with E-state index in [9.17, 15) is 18.0 Å². The molecule has 1 aromatic carbocycles. The summed E-state index contributed by atoms with van der Waals surface area (Å²) in [5.41, 5.74) is 2.45. The number of carbonyl (C=O) groups is 1. The molecule has 0 bridgehead atoms. The molecule has 0 radical (unpaired) electrons. The third-order valence-electron chi connectivity index (χ3n) is 6.12. The van der Waals surface area contributed by atoms with Gasteiger partial charge in [-0.2, -0.15) is 13.2 Å². The molecule has 10 heteroatoms. The number of rotatable bonds is 5. The zero-order chi connectivity index (χ0) is 27.3. The second kappa shape index (κ2) is 11.6. The average molecular weight is 524 g/mol. The van der Waals surface area contributed by atoms with Gasteiger partial charge in [-0.15, -0.1) is 0 Å². The number of aryl methyl sites for hydroxylation is 1. The Bertz CT molecular complexity index is 1370. The fraction of sp³-hybridized carbons (Fsp3) is 0.321. The Hall–Kier alpha value is -3.94. The maximum Gasteiger partial charge on any atom is 0.433 e. The summed E-state index contributed by atoms with van der Waals surface area (Å²) in [6.45, 7) is 6.53. The van der Waals surface area contributed by atoms with Crippen molar-refractivity contribution >= 4 is 17.4 Å². The number of hydrogen-bond acceptors (Lipinski definition) is 6. The lowest BCUT2D eigenvalue weighted by Crippen LogP contribution is -2.36. The van der Waals surface area contributed by atoms with Crippen molar-refractivity contribution in [2.24, 2.45) is 0 Å². The van der Waals surface area contributed by atoms with E-state index in [1.165, 1.54) is 6.07 Å². The molecule has 4 rings (SSSR count). The van der Waals surface area contributed by atoms with E-state index in [4.69, 9.17) is 9.72 Å². The first kappa shape index (κ1) is 27.1. The molecule has 2 N–H and O–H groups in total. The summed E-state index contributed by atoms with van der Waals surface area (Å²) in [5.74, 6) is 6.39. The predicted molar refractivity (Wildman–Crippen MR) is 140 cm³/mol. The van der Waals surface area contributed by atoms with E-state index in [1.807, 2.05) is 39.1 Å². The second-order valence-corrected chi connectivity index (χ2v) is 8.89. The summed E-state index contributed by atoms with van der Waals surface area (Å²) >= 11 is 0. The number of hydrogen-bond donors (Lipinski definition) is 2. The van der Waals surface area contributed by atoms with Crippen LogP contribution in [0.1, 0.15) is 34.2 Å². The number of carbonyl (C=O) groups excluding carboxylic acids is 1. The van der Waals surface area contributed by atoms with Crippen molar-refractivity contribution in [3.8, 4) is 23.0 Å². The summed E-state index contributed by atoms with van der Waals surface area (Å²) < 4.78 is 44.6. The zero-order valence-electron chi connectivity index (χ0n) is 21.3. The highest BCUT2D eigenvalue weighted by Gasteiger charge is 2.33. The van der Waals surface area contributed by atoms with Crippen LogP contribution in [0.25, 0.3) is 11.1 Å². The molecule has 1 amide bonds. The number of pyridine rings is 2. The molecule has 1 saturated heterocycles. The van der Waals surface area contributed by atoms with Gasteiger partial charge in [-0.1, -0.05) is 12.0 Å². The number of nitrogens with one attached hydrogen (secondary N) is 2. The smallest absolute Gasteiger partial charge is 0.378 e. The van der Waals surface area contributed by atoms with Crippen molar-refractivity contribution < 1.29 is 22.7 Å². The minimum atomic E-state index is -4.64. The first-order valence-corrected chi connectivity index (χ1v) is 12.1. The number of alkyl halides is 3. The Labute approximate surface area is 219 Å². The number of ether oxygens (including phenoxy) is 1. The summed E-state index contributed by atoms with van der Waals surface area (Å²) in [7, 11) is 1.83. The normalized spacial score (nSPS) is 14.4. The molecule has 0 saturated carbocycles. The highest BCUT2D eigenvalue weighted by molar-refractivity contribution is 6.04. The van der Waals surface area contributed by atoms with E-state index < -0.39 is 17.8 Å². The van der Waals surface area contributed by atoms with Crippen LogP contribution in [-0.2, 0) is 10.9 Å². The van der Waals surface area contributed by atoms with Crippen LogP contribution in [0.5, 0.6) is 0 Å². The van der Waals surface area contributed by atoms with Gasteiger partial charge in [0.15, 0.2) is 0 Å². The first-order valence-electron chi connectivity index (χ1n) is 12.1. The molecule has 2 aromatic heterocycles. The van der Waals surface area contributed by atoms with Crippen LogP contribution in [0, 0.1) is 18.8 Å². The van der Waals surface area contributed by atoms with Crippen LogP contribution < -0.4 is 15.5 Å². The minimum Gasteiger partial charge on any atom is -0.378 e. The van der Waals surface area contributed by atoms with E-state index in [-0.39, 0.29) is 11.6 Å². The molecule has 7 nitrogen and oxygen atoms in total. The molecule has 1 atom stereocenters. The summed E-state index contributed by atoms with van der Waals surface area (Å²) in [4.78, 5) is 23.0. The number of benzene rings is 1. The lowest BCUT2D eigenvalue weighted by Gasteiger charge is -2.28. The Morgan fingerprint density at radius 1 is 1.13 bits per heavy atom. The van der Waals surface area contributed by atoms with E-state index in [0.29, 0.717) is 37.7 Å². The van der Waals surface area contributed by atoms with Gasteiger partial charge in [0.1, 0.15) is 17.2 Å². The highest BCUT2D eigenvalue weighted by Crippen LogP contribution is 2.31. The number of morpholine rings is 1. The predicted octanol–water partition coefficient (Wildman–Crippen LogP) is 4.52. The molecule has 38 heavy (non-hydrogen) atoms. The molecular weight excluding hydrogens is 495 g/mol. The maximum atomic E-state index is 13.0. The first-order chi connectivity index (χ1) is 18.1. The molecule has 0 spiro atoms. The third kappa shape index (κ3) is 6.68. The highest BCUT2D eigenvalue weighted by atomic mass is 19.4. The van der Waals surface area contributed by atoms with Gasteiger partial charge in [0.05, 0.1) is 19.3 Å². The van der Waals surface area contributed by atoms with E-state index in [0.717, 1.165) is 34.8 Å². The summed E-state index contributed by atoms with van der Waals surface area (Å²) in [5, 5.41) is 5.79. The SMILES string of the molecule is CN[C@@H](C)C#Cc1cc(-c2cc(NC(=O)c3ccnc(C(F)(F)F)c3)ccc2C)cc(N2CCOCC2)n1. The van der Waals surface area contributed by atoms with Crippen LogP contribution in [0.4, 0.5) is 24.7 Å². The number of nitrogens with zero attached hydrogens (tertiary/aromatic N) is 3.